The molecule has 1 N–H and O–H groups in total. The fourth-order valence-electron chi connectivity index (χ4n) is 2.19. The number of nitrogens with one attached hydrogen (secondary N) is 1. The zero-order chi connectivity index (χ0) is 12.0. The molecule has 0 bridgehead atoms. The van der Waals surface area contributed by atoms with E-state index in [1.54, 1.807) is 0 Å². The molecule has 3 nitrogen and oxygen atoms in total. The SMILES string of the molecule is C=C(CNCCC)CN1CCC(N(C)C)C1. The summed E-state index contributed by atoms with van der Waals surface area (Å²) in [6.45, 7) is 11.9. The van der Waals surface area contributed by atoms with Gasteiger partial charge in [-0.25, -0.2) is 0 Å². The standard InChI is InChI=1S/C13H27N3/c1-5-7-14-9-12(2)10-16-8-6-13(11-16)15(3)4/h13-14H,2,5-11H2,1,3-4H3. The van der Waals surface area contributed by atoms with Crippen LogP contribution in [0.2, 0.25) is 0 Å². The predicted octanol–water partition coefficient (Wildman–Crippen LogP) is 1.18. The highest BCUT2D eigenvalue weighted by Crippen LogP contribution is 2.13. The Morgan fingerprint density at radius 1 is 1.50 bits per heavy atom. The molecule has 1 saturated heterocycles. The first kappa shape index (κ1) is 13.7. The van der Waals surface area contributed by atoms with Crippen molar-refractivity contribution in [2.24, 2.45) is 0 Å². The van der Waals surface area contributed by atoms with Gasteiger partial charge >= 0.3 is 0 Å². The van der Waals surface area contributed by atoms with E-state index in [9.17, 15) is 0 Å². The highest BCUT2D eigenvalue weighted by Gasteiger charge is 2.23. The predicted molar refractivity (Wildman–Crippen MR) is 70.8 cm³/mol. The number of hydrogen-bond donors (Lipinski definition) is 1. The second-order valence-corrected chi connectivity index (χ2v) is 5.07. The van der Waals surface area contributed by atoms with Gasteiger partial charge in [0, 0.05) is 32.2 Å². The van der Waals surface area contributed by atoms with Crippen LogP contribution in [-0.2, 0) is 0 Å². The van der Waals surface area contributed by atoms with E-state index in [4.69, 9.17) is 0 Å². The van der Waals surface area contributed by atoms with Gasteiger partial charge in [0.1, 0.15) is 0 Å². The zero-order valence-electron chi connectivity index (χ0n) is 11.1. The van der Waals surface area contributed by atoms with E-state index in [0.717, 1.165) is 25.7 Å². The Labute approximate surface area is 100 Å². The minimum absolute atomic E-state index is 0.733. The third kappa shape index (κ3) is 4.64. The zero-order valence-corrected chi connectivity index (χ0v) is 11.1. The molecule has 0 aliphatic carbocycles. The summed E-state index contributed by atoms with van der Waals surface area (Å²) in [5.74, 6) is 0. The van der Waals surface area contributed by atoms with Crippen LogP contribution in [0, 0.1) is 0 Å². The maximum absolute atomic E-state index is 4.14. The van der Waals surface area contributed by atoms with Crippen molar-refractivity contribution < 1.29 is 0 Å². The Morgan fingerprint density at radius 2 is 2.25 bits per heavy atom. The van der Waals surface area contributed by atoms with Crippen LogP contribution >= 0.6 is 0 Å². The van der Waals surface area contributed by atoms with Crippen molar-refractivity contribution in [2.45, 2.75) is 25.8 Å². The van der Waals surface area contributed by atoms with E-state index in [1.165, 1.54) is 31.5 Å². The number of likely N-dealkylation sites (N-methyl/N-ethyl adjacent to an activating group) is 1. The van der Waals surface area contributed by atoms with Crippen LogP contribution in [0.3, 0.4) is 0 Å². The van der Waals surface area contributed by atoms with Gasteiger partial charge in [-0.2, -0.15) is 0 Å². The molecule has 1 aliphatic rings. The van der Waals surface area contributed by atoms with Gasteiger partial charge < -0.3 is 10.2 Å². The molecule has 0 aromatic heterocycles. The summed E-state index contributed by atoms with van der Waals surface area (Å²) < 4.78 is 0. The molecule has 0 spiro atoms. The van der Waals surface area contributed by atoms with Gasteiger partial charge in [-0.05, 0) is 39.1 Å². The first-order valence-corrected chi connectivity index (χ1v) is 6.39. The molecular formula is C13H27N3. The topological polar surface area (TPSA) is 18.5 Å². The monoisotopic (exact) mass is 225 g/mol. The largest absolute Gasteiger partial charge is 0.313 e. The quantitative estimate of drug-likeness (QED) is 0.518. The van der Waals surface area contributed by atoms with Gasteiger partial charge in [0.2, 0.25) is 0 Å². The van der Waals surface area contributed by atoms with Gasteiger partial charge in [-0.15, -0.1) is 0 Å². The molecule has 0 amide bonds. The molecular weight excluding hydrogens is 198 g/mol. The van der Waals surface area contributed by atoms with Crippen molar-refractivity contribution in [1.29, 1.82) is 0 Å². The highest BCUT2D eigenvalue weighted by molar-refractivity contribution is 5.01. The summed E-state index contributed by atoms with van der Waals surface area (Å²) >= 11 is 0. The summed E-state index contributed by atoms with van der Waals surface area (Å²) in [7, 11) is 4.34. The Morgan fingerprint density at radius 3 is 2.81 bits per heavy atom. The number of hydrogen-bond acceptors (Lipinski definition) is 3. The molecule has 94 valence electrons. The Balaban J connectivity index is 2.16. The van der Waals surface area contributed by atoms with Crippen LogP contribution in [0.5, 0.6) is 0 Å². The Kier molecular flexibility index (Phi) is 6.03. The summed E-state index contributed by atoms with van der Waals surface area (Å²) in [5.41, 5.74) is 1.31. The third-order valence-corrected chi connectivity index (χ3v) is 3.23. The molecule has 1 aliphatic heterocycles. The third-order valence-electron chi connectivity index (χ3n) is 3.23. The first-order chi connectivity index (χ1) is 7.63. The molecule has 0 saturated carbocycles. The summed E-state index contributed by atoms with van der Waals surface area (Å²) in [6.07, 6.45) is 2.49. The molecule has 16 heavy (non-hydrogen) atoms. The number of rotatable bonds is 7. The van der Waals surface area contributed by atoms with Crippen LogP contribution in [0.15, 0.2) is 12.2 Å². The van der Waals surface area contributed by atoms with Crippen molar-refractivity contribution in [3.8, 4) is 0 Å². The average Bonchev–Trinajstić information content (AvgIpc) is 2.66. The Bertz CT molecular complexity index is 213. The molecule has 1 unspecified atom stereocenters. The van der Waals surface area contributed by atoms with Crippen LogP contribution in [0.4, 0.5) is 0 Å². The summed E-state index contributed by atoms with van der Waals surface area (Å²) in [4.78, 5) is 4.85. The van der Waals surface area contributed by atoms with Crippen LogP contribution in [0.1, 0.15) is 19.8 Å². The lowest BCUT2D eigenvalue weighted by Crippen LogP contribution is -2.33. The average molecular weight is 225 g/mol. The molecule has 0 aromatic rings. The van der Waals surface area contributed by atoms with Gasteiger partial charge in [-0.1, -0.05) is 13.5 Å². The second kappa shape index (κ2) is 7.05. The van der Waals surface area contributed by atoms with Crippen molar-refractivity contribution in [3.63, 3.8) is 0 Å². The van der Waals surface area contributed by atoms with Crippen LogP contribution in [0.25, 0.3) is 0 Å². The molecule has 3 heteroatoms. The minimum atomic E-state index is 0.733. The highest BCUT2D eigenvalue weighted by atomic mass is 15.2. The van der Waals surface area contributed by atoms with Gasteiger partial charge in [-0.3, -0.25) is 4.90 Å². The van der Waals surface area contributed by atoms with E-state index in [1.807, 2.05) is 0 Å². The Hall–Kier alpha value is -0.380. The van der Waals surface area contributed by atoms with Crippen LogP contribution < -0.4 is 5.32 Å². The molecule has 1 atom stereocenters. The molecule has 0 radical (unpaired) electrons. The molecule has 1 rings (SSSR count). The van der Waals surface area contributed by atoms with E-state index >= 15 is 0 Å². The van der Waals surface area contributed by atoms with Gasteiger partial charge in [0.15, 0.2) is 0 Å². The minimum Gasteiger partial charge on any atom is -0.313 e. The van der Waals surface area contributed by atoms with Crippen molar-refractivity contribution in [2.75, 3.05) is 46.8 Å². The van der Waals surface area contributed by atoms with Crippen LogP contribution in [-0.4, -0.2) is 62.7 Å². The van der Waals surface area contributed by atoms with Crippen molar-refractivity contribution >= 4 is 0 Å². The fourth-order valence-corrected chi connectivity index (χ4v) is 2.19. The maximum Gasteiger partial charge on any atom is 0.0229 e. The lowest BCUT2D eigenvalue weighted by atomic mass is 10.2. The maximum atomic E-state index is 4.14. The molecule has 1 fully saturated rings. The molecule has 0 aromatic carbocycles. The van der Waals surface area contributed by atoms with Crippen molar-refractivity contribution in [1.82, 2.24) is 15.1 Å². The number of nitrogens with zero attached hydrogens (tertiary/aromatic N) is 2. The van der Waals surface area contributed by atoms with E-state index in [0.29, 0.717) is 0 Å². The summed E-state index contributed by atoms with van der Waals surface area (Å²) in [6, 6.07) is 0.733. The lowest BCUT2D eigenvalue weighted by molar-refractivity contribution is 0.277. The lowest BCUT2D eigenvalue weighted by Gasteiger charge is -2.21. The van der Waals surface area contributed by atoms with Gasteiger partial charge in [0.25, 0.3) is 0 Å². The van der Waals surface area contributed by atoms with Gasteiger partial charge in [0.05, 0.1) is 0 Å². The van der Waals surface area contributed by atoms with E-state index in [2.05, 4.69) is 42.7 Å². The normalized spacial score (nSPS) is 21.9. The van der Waals surface area contributed by atoms with E-state index in [-0.39, 0.29) is 0 Å². The summed E-state index contributed by atoms with van der Waals surface area (Å²) in [5, 5.41) is 3.41. The first-order valence-electron chi connectivity index (χ1n) is 6.39. The van der Waals surface area contributed by atoms with Crippen molar-refractivity contribution in [3.05, 3.63) is 12.2 Å². The smallest absolute Gasteiger partial charge is 0.0229 e. The fraction of sp³-hybridized carbons (Fsp3) is 0.846. The van der Waals surface area contributed by atoms with E-state index < -0.39 is 0 Å². The molecule has 1 heterocycles. The second-order valence-electron chi connectivity index (χ2n) is 5.07. The number of likely N-dealkylation sites (tertiary alicyclic amines) is 1.